The predicted molar refractivity (Wildman–Crippen MR) is 62.3 cm³/mol. The van der Waals surface area contributed by atoms with Gasteiger partial charge in [0.25, 0.3) is 0 Å². The lowest BCUT2D eigenvalue weighted by molar-refractivity contribution is -0.182. The van der Waals surface area contributed by atoms with E-state index in [-0.39, 0.29) is 19.0 Å². The van der Waals surface area contributed by atoms with Crippen molar-refractivity contribution in [2.24, 2.45) is 0 Å². The Kier molecular flexibility index (Phi) is 4.41. The van der Waals surface area contributed by atoms with E-state index in [0.29, 0.717) is 11.4 Å². The summed E-state index contributed by atoms with van der Waals surface area (Å²) in [7, 11) is 0. The number of nitrogen functional groups attached to an aromatic ring is 1. The normalized spacial score (nSPS) is 24.2. The van der Waals surface area contributed by atoms with Crippen molar-refractivity contribution in [3.8, 4) is 0 Å². The van der Waals surface area contributed by atoms with Gasteiger partial charge in [-0.3, -0.25) is 9.88 Å². The van der Waals surface area contributed by atoms with Gasteiger partial charge in [0.1, 0.15) is 0 Å². The number of hydrogen-bond donors (Lipinski definition) is 2. The van der Waals surface area contributed by atoms with Gasteiger partial charge in [0.2, 0.25) is 0 Å². The Morgan fingerprint density at radius 3 is 2.67 bits per heavy atom. The zero-order valence-corrected chi connectivity index (χ0v) is 10.1. The molecule has 1 aliphatic rings. The van der Waals surface area contributed by atoms with Gasteiger partial charge in [0.15, 0.2) is 0 Å². The van der Waals surface area contributed by atoms with Crippen molar-refractivity contribution in [1.29, 1.82) is 0 Å². The molecule has 0 amide bonds. The molecule has 4 nitrogen and oxygen atoms in total. The quantitative estimate of drug-likeness (QED) is 0.860. The highest BCUT2D eigenvalue weighted by molar-refractivity contribution is 5.85. The molecule has 18 heavy (non-hydrogen) atoms. The molecule has 2 rings (SSSR count). The lowest BCUT2D eigenvalue weighted by atomic mass is 9.95. The minimum Gasteiger partial charge on any atom is -0.399 e. The molecule has 2 heterocycles. The van der Waals surface area contributed by atoms with Gasteiger partial charge in [0.05, 0.1) is 24.4 Å². The Balaban J connectivity index is 0.00000162. The first-order chi connectivity index (χ1) is 7.87. The Morgan fingerprint density at radius 2 is 2.17 bits per heavy atom. The van der Waals surface area contributed by atoms with Crippen molar-refractivity contribution < 1.29 is 18.3 Å². The molecule has 1 aliphatic heterocycles. The van der Waals surface area contributed by atoms with Crippen LogP contribution in [0.1, 0.15) is 11.7 Å². The van der Waals surface area contributed by atoms with Gasteiger partial charge in [0, 0.05) is 18.4 Å². The number of nitrogens with two attached hydrogens (primary N) is 1. The van der Waals surface area contributed by atoms with Gasteiger partial charge in [-0.25, -0.2) is 0 Å². The van der Waals surface area contributed by atoms with E-state index < -0.39 is 24.9 Å². The van der Waals surface area contributed by atoms with E-state index >= 15 is 0 Å². The van der Waals surface area contributed by atoms with Crippen LogP contribution in [0.3, 0.4) is 0 Å². The van der Waals surface area contributed by atoms with Gasteiger partial charge < -0.3 is 10.8 Å². The van der Waals surface area contributed by atoms with Crippen LogP contribution in [0.15, 0.2) is 18.3 Å². The number of aliphatic hydroxyl groups excluding tert-OH is 1. The lowest BCUT2D eigenvalue weighted by Gasteiger charge is -2.45. The molecule has 1 fully saturated rings. The average Bonchev–Trinajstić information content (AvgIpc) is 2.14. The topological polar surface area (TPSA) is 62.4 Å². The van der Waals surface area contributed by atoms with Crippen molar-refractivity contribution in [2.45, 2.75) is 18.3 Å². The first-order valence-corrected chi connectivity index (χ1v) is 5.07. The molecule has 102 valence electrons. The second-order valence-electron chi connectivity index (χ2n) is 4.07. The minimum absolute atomic E-state index is 0. The number of alkyl halides is 3. The minimum atomic E-state index is -4.28. The summed E-state index contributed by atoms with van der Waals surface area (Å²) in [6, 6.07) is 2.30. The van der Waals surface area contributed by atoms with Crippen molar-refractivity contribution in [2.75, 3.05) is 18.8 Å². The van der Waals surface area contributed by atoms with Crippen molar-refractivity contribution in [1.82, 2.24) is 9.88 Å². The number of nitrogens with zero attached hydrogens (tertiary/aromatic N) is 2. The summed E-state index contributed by atoms with van der Waals surface area (Å²) in [6.07, 6.45) is -3.69. The molecule has 0 aromatic carbocycles. The number of β-amino-alcohol motifs (C(OH)–C–C–N with tert-alkyl or cyclic N) is 1. The van der Waals surface area contributed by atoms with Crippen molar-refractivity contribution in [3.63, 3.8) is 0 Å². The highest BCUT2D eigenvalue weighted by Gasteiger charge is 2.45. The molecule has 3 N–H and O–H groups in total. The summed E-state index contributed by atoms with van der Waals surface area (Å²) >= 11 is 0. The van der Waals surface area contributed by atoms with E-state index in [9.17, 15) is 18.3 Å². The highest BCUT2D eigenvalue weighted by Crippen LogP contribution is 2.35. The fraction of sp³-hybridized carbons (Fsp3) is 0.500. The van der Waals surface area contributed by atoms with Crippen LogP contribution in [-0.4, -0.2) is 40.4 Å². The molecule has 2 unspecified atom stereocenters. The number of aliphatic hydroxyl groups is 1. The summed E-state index contributed by atoms with van der Waals surface area (Å²) in [4.78, 5) is 5.07. The first kappa shape index (κ1) is 15.0. The summed E-state index contributed by atoms with van der Waals surface area (Å²) in [5.74, 6) is 0. The Morgan fingerprint density at radius 1 is 1.50 bits per heavy atom. The molecule has 0 aliphatic carbocycles. The zero-order valence-electron chi connectivity index (χ0n) is 9.26. The van der Waals surface area contributed by atoms with Gasteiger partial charge in [-0.2, -0.15) is 13.2 Å². The number of anilines is 1. The molecule has 0 radical (unpaired) electrons. The molecule has 0 spiro atoms. The maximum absolute atomic E-state index is 12.3. The first-order valence-electron chi connectivity index (χ1n) is 5.07. The van der Waals surface area contributed by atoms with E-state index in [4.69, 9.17) is 5.73 Å². The van der Waals surface area contributed by atoms with Crippen LogP contribution in [0.4, 0.5) is 18.9 Å². The van der Waals surface area contributed by atoms with Gasteiger partial charge in [-0.15, -0.1) is 12.4 Å². The highest BCUT2D eigenvalue weighted by atomic mass is 35.5. The molecule has 1 aromatic heterocycles. The van der Waals surface area contributed by atoms with Crippen LogP contribution in [-0.2, 0) is 0 Å². The second-order valence-corrected chi connectivity index (χ2v) is 4.07. The summed E-state index contributed by atoms with van der Waals surface area (Å²) < 4.78 is 36.8. The Bertz CT molecular complexity index is 416. The molecule has 1 saturated heterocycles. The SMILES string of the molecule is Cl.Nc1ccnc(C2C(O)CN2CC(F)(F)F)c1. The largest absolute Gasteiger partial charge is 0.401 e. The van der Waals surface area contributed by atoms with Crippen LogP contribution in [0.2, 0.25) is 0 Å². The maximum Gasteiger partial charge on any atom is 0.401 e. The molecular formula is C10H13ClF3N3O. The van der Waals surface area contributed by atoms with E-state index in [0.717, 1.165) is 4.90 Å². The second kappa shape index (κ2) is 5.29. The summed E-state index contributed by atoms with van der Waals surface area (Å²) in [6.45, 7) is -1.05. The Labute approximate surface area is 108 Å². The summed E-state index contributed by atoms with van der Waals surface area (Å²) in [5, 5.41) is 9.53. The third-order valence-corrected chi connectivity index (χ3v) is 2.67. The number of likely N-dealkylation sites (tertiary alicyclic amines) is 1. The third kappa shape index (κ3) is 3.24. The molecule has 1 aromatic rings. The molecular weight excluding hydrogens is 271 g/mol. The van der Waals surface area contributed by atoms with E-state index in [1.54, 1.807) is 6.07 Å². The fourth-order valence-electron chi connectivity index (χ4n) is 1.96. The van der Waals surface area contributed by atoms with E-state index in [1.807, 2.05) is 0 Å². The monoisotopic (exact) mass is 283 g/mol. The van der Waals surface area contributed by atoms with E-state index in [2.05, 4.69) is 4.98 Å². The van der Waals surface area contributed by atoms with Crippen LogP contribution in [0, 0.1) is 0 Å². The van der Waals surface area contributed by atoms with Crippen molar-refractivity contribution in [3.05, 3.63) is 24.0 Å². The average molecular weight is 284 g/mol. The van der Waals surface area contributed by atoms with Gasteiger partial charge in [-0.1, -0.05) is 0 Å². The fourth-order valence-corrected chi connectivity index (χ4v) is 1.96. The molecule has 0 saturated carbocycles. The van der Waals surface area contributed by atoms with E-state index in [1.165, 1.54) is 12.3 Å². The zero-order chi connectivity index (χ0) is 12.6. The van der Waals surface area contributed by atoms with Gasteiger partial charge in [-0.05, 0) is 12.1 Å². The molecule has 2 atom stereocenters. The van der Waals surface area contributed by atoms with Crippen LogP contribution in [0.25, 0.3) is 0 Å². The number of rotatable bonds is 2. The summed E-state index contributed by atoms with van der Waals surface area (Å²) in [5.41, 5.74) is 6.32. The molecule has 8 heteroatoms. The van der Waals surface area contributed by atoms with Crippen LogP contribution >= 0.6 is 12.4 Å². The van der Waals surface area contributed by atoms with Crippen LogP contribution in [0.5, 0.6) is 0 Å². The van der Waals surface area contributed by atoms with Crippen molar-refractivity contribution >= 4 is 18.1 Å². The van der Waals surface area contributed by atoms with Crippen LogP contribution < -0.4 is 5.73 Å². The number of halogens is 4. The predicted octanol–water partition coefficient (Wildman–Crippen LogP) is 1.37. The number of pyridine rings is 1. The standard InChI is InChI=1S/C10H12F3N3O.ClH/c11-10(12,13)5-16-4-8(17)9(16)7-3-6(14)1-2-15-7;/h1-3,8-9,17H,4-5H2,(H2,14,15);1H. The Hall–Kier alpha value is -1.05. The number of aromatic nitrogens is 1. The smallest absolute Gasteiger partial charge is 0.399 e. The van der Waals surface area contributed by atoms with Gasteiger partial charge >= 0.3 is 6.18 Å². The lowest BCUT2D eigenvalue weighted by Crippen LogP contribution is -2.56. The molecule has 0 bridgehead atoms. The third-order valence-electron chi connectivity index (χ3n) is 2.67. The maximum atomic E-state index is 12.3. The number of hydrogen-bond acceptors (Lipinski definition) is 4.